The molecule has 0 aliphatic rings. The summed E-state index contributed by atoms with van der Waals surface area (Å²) in [5, 5.41) is 9.19. The highest BCUT2D eigenvalue weighted by Gasteiger charge is 2.34. The third-order valence-corrected chi connectivity index (χ3v) is 3.66. The van der Waals surface area contributed by atoms with Gasteiger partial charge in [-0.25, -0.2) is 0 Å². The minimum Gasteiger partial charge on any atom is -0.497 e. The highest BCUT2D eigenvalue weighted by Crippen LogP contribution is 2.35. The molecule has 1 unspecified atom stereocenters. The summed E-state index contributed by atoms with van der Waals surface area (Å²) in [7, 11) is 1.57. The molecule has 1 atom stereocenters. The number of carbonyl (C=O) groups is 1. The van der Waals surface area contributed by atoms with Gasteiger partial charge < -0.3 is 9.84 Å². The molecule has 0 radical (unpaired) electrons. The number of carboxylic acids is 1. The number of carboxylic acid groups (broad SMARTS) is 1. The molecule has 0 amide bonds. The zero-order valence-electron chi connectivity index (χ0n) is 8.98. The third kappa shape index (κ3) is 2.26. The van der Waals surface area contributed by atoms with E-state index in [1.807, 2.05) is 0 Å². The van der Waals surface area contributed by atoms with Crippen LogP contribution in [-0.2, 0) is 9.54 Å². The van der Waals surface area contributed by atoms with Crippen LogP contribution in [0.2, 0.25) is 0 Å². The minimum absolute atomic E-state index is 0.675. The Morgan fingerprint density at radius 2 is 2.20 bits per heavy atom. The molecular formula is C11H14O3S. The van der Waals surface area contributed by atoms with Crippen molar-refractivity contribution in [3.63, 3.8) is 0 Å². The quantitative estimate of drug-likeness (QED) is 0.856. The lowest BCUT2D eigenvalue weighted by Gasteiger charge is -2.23. The Balaban J connectivity index is 3.18. The maximum absolute atomic E-state index is 11.2. The second-order valence-electron chi connectivity index (χ2n) is 3.27. The second-order valence-corrected chi connectivity index (χ2v) is 4.50. The Kier molecular flexibility index (Phi) is 3.63. The van der Waals surface area contributed by atoms with Crippen LogP contribution in [0.25, 0.3) is 0 Å². The largest absolute Gasteiger partial charge is 0.497 e. The Hall–Kier alpha value is -1.16. The van der Waals surface area contributed by atoms with Gasteiger partial charge >= 0.3 is 5.97 Å². The number of methoxy groups -OCH3 is 1. The molecule has 0 fully saturated rings. The first kappa shape index (κ1) is 11.9. The van der Waals surface area contributed by atoms with E-state index in [1.165, 1.54) is 11.8 Å². The van der Waals surface area contributed by atoms with Crippen molar-refractivity contribution in [3.05, 3.63) is 29.8 Å². The van der Waals surface area contributed by atoms with Gasteiger partial charge in [0.05, 0.1) is 7.11 Å². The zero-order chi connectivity index (χ0) is 11.5. The van der Waals surface area contributed by atoms with Crippen LogP contribution in [0.1, 0.15) is 12.5 Å². The van der Waals surface area contributed by atoms with E-state index in [-0.39, 0.29) is 0 Å². The molecule has 0 saturated carbocycles. The van der Waals surface area contributed by atoms with Crippen molar-refractivity contribution < 1.29 is 14.6 Å². The van der Waals surface area contributed by atoms with Crippen molar-refractivity contribution >= 4 is 17.7 Å². The van der Waals surface area contributed by atoms with Crippen molar-refractivity contribution in [1.29, 1.82) is 0 Å². The molecule has 0 spiro atoms. The first-order valence-corrected chi connectivity index (χ1v) is 5.70. The lowest BCUT2D eigenvalue weighted by atomic mass is 10.0. The van der Waals surface area contributed by atoms with Gasteiger partial charge in [-0.3, -0.25) is 4.79 Å². The van der Waals surface area contributed by atoms with Crippen LogP contribution >= 0.6 is 11.8 Å². The van der Waals surface area contributed by atoms with Crippen LogP contribution in [0.5, 0.6) is 5.75 Å². The van der Waals surface area contributed by atoms with Crippen molar-refractivity contribution in [2.24, 2.45) is 0 Å². The number of thioether (sulfide) groups is 1. The first-order chi connectivity index (χ1) is 7.04. The molecular weight excluding hydrogens is 212 g/mol. The Labute approximate surface area is 93.4 Å². The van der Waals surface area contributed by atoms with E-state index in [1.54, 1.807) is 44.6 Å². The molecule has 1 N–H and O–H groups in total. The molecule has 0 aliphatic heterocycles. The average molecular weight is 226 g/mol. The molecule has 0 saturated heterocycles. The van der Waals surface area contributed by atoms with Crippen LogP contribution in [0.4, 0.5) is 0 Å². The molecule has 1 aromatic rings. The predicted octanol–water partition coefficient (Wildman–Crippen LogP) is 2.36. The van der Waals surface area contributed by atoms with Gasteiger partial charge in [-0.2, -0.15) is 0 Å². The Bertz CT molecular complexity index is 365. The summed E-state index contributed by atoms with van der Waals surface area (Å²) in [6.45, 7) is 1.69. The average Bonchev–Trinajstić information content (AvgIpc) is 2.27. The van der Waals surface area contributed by atoms with Gasteiger partial charge in [-0.05, 0) is 30.9 Å². The molecule has 0 heterocycles. The number of hydrogen-bond acceptors (Lipinski definition) is 3. The predicted molar refractivity (Wildman–Crippen MR) is 61.5 cm³/mol. The summed E-state index contributed by atoms with van der Waals surface area (Å²) in [6.07, 6.45) is 1.79. The van der Waals surface area contributed by atoms with Crippen molar-refractivity contribution in [2.45, 2.75) is 11.7 Å². The molecule has 0 aromatic heterocycles. The van der Waals surface area contributed by atoms with Crippen LogP contribution in [0.15, 0.2) is 24.3 Å². The summed E-state index contributed by atoms with van der Waals surface area (Å²) < 4.78 is 4.15. The Morgan fingerprint density at radius 1 is 1.53 bits per heavy atom. The van der Waals surface area contributed by atoms with Gasteiger partial charge in [0.1, 0.15) is 10.5 Å². The highest BCUT2D eigenvalue weighted by molar-refractivity contribution is 8.00. The summed E-state index contributed by atoms with van der Waals surface area (Å²) in [5.41, 5.74) is 0.738. The fourth-order valence-corrected chi connectivity index (χ4v) is 1.79. The lowest BCUT2D eigenvalue weighted by Crippen LogP contribution is -2.28. The molecule has 0 bridgehead atoms. The van der Waals surface area contributed by atoms with Crippen LogP contribution in [0.3, 0.4) is 0 Å². The van der Waals surface area contributed by atoms with E-state index in [2.05, 4.69) is 0 Å². The van der Waals surface area contributed by atoms with Crippen LogP contribution in [-0.4, -0.2) is 24.4 Å². The second kappa shape index (κ2) is 4.57. The fourth-order valence-electron chi connectivity index (χ4n) is 1.25. The van der Waals surface area contributed by atoms with E-state index >= 15 is 0 Å². The van der Waals surface area contributed by atoms with Gasteiger partial charge in [0.15, 0.2) is 0 Å². The standard InChI is InChI=1S/C11H14O3S/c1-11(15-3,10(12)13)8-5-4-6-9(7-8)14-2/h4-7H,1-3H3,(H,12,13). The van der Waals surface area contributed by atoms with Crippen molar-refractivity contribution in [1.82, 2.24) is 0 Å². The molecule has 1 rings (SSSR count). The van der Waals surface area contributed by atoms with E-state index < -0.39 is 10.7 Å². The molecule has 82 valence electrons. The van der Waals surface area contributed by atoms with Gasteiger partial charge in [-0.15, -0.1) is 11.8 Å². The van der Waals surface area contributed by atoms with Gasteiger partial charge in [0.25, 0.3) is 0 Å². The van der Waals surface area contributed by atoms with Crippen LogP contribution in [0, 0.1) is 0 Å². The lowest BCUT2D eigenvalue weighted by molar-refractivity contribution is -0.139. The molecule has 0 aliphatic carbocycles. The fraction of sp³-hybridized carbons (Fsp3) is 0.364. The zero-order valence-corrected chi connectivity index (χ0v) is 9.80. The number of rotatable bonds is 4. The van der Waals surface area contributed by atoms with E-state index in [4.69, 9.17) is 4.74 Å². The molecule has 1 aromatic carbocycles. The topological polar surface area (TPSA) is 46.5 Å². The van der Waals surface area contributed by atoms with Gasteiger partial charge in [0.2, 0.25) is 0 Å². The minimum atomic E-state index is -0.922. The maximum atomic E-state index is 11.2. The number of hydrogen-bond donors (Lipinski definition) is 1. The molecule has 15 heavy (non-hydrogen) atoms. The van der Waals surface area contributed by atoms with Crippen molar-refractivity contribution in [2.75, 3.05) is 13.4 Å². The summed E-state index contributed by atoms with van der Waals surface area (Å²) in [6, 6.07) is 7.15. The molecule has 4 heteroatoms. The molecule has 3 nitrogen and oxygen atoms in total. The normalized spacial score (nSPS) is 14.3. The van der Waals surface area contributed by atoms with E-state index in [0.717, 1.165) is 5.56 Å². The summed E-state index contributed by atoms with van der Waals surface area (Å²) >= 11 is 1.30. The summed E-state index contributed by atoms with van der Waals surface area (Å²) in [5.74, 6) is -0.169. The summed E-state index contributed by atoms with van der Waals surface area (Å²) in [4.78, 5) is 11.2. The monoisotopic (exact) mass is 226 g/mol. The van der Waals surface area contributed by atoms with Crippen molar-refractivity contribution in [3.8, 4) is 5.75 Å². The van der Waals surface area contributed by atoms with Gasteiger partial charge in [-0.1, -0.05) is 12.1 Å². The number of ether oxygens (including phenoxy) is 1. The van der Waals surface area contributed by atoms with E-state index in [9.17, 15) is 9.90 Å². The number of benzene rings is 1. The van der Waals surface area contributed by atoms with Crippen LogP contribution < -0.4 is 4.74 Å². The smallest absolute Gasteiger partial charge is 0.324 e. The van der Waals surface area contributed by atoms with Gasteiger partial charge in [0, 0.05) is 0 Å². The maximum Gasteiger partial charge on any atom is 0.324 e. The SMILES string of the molecule is COc1cccc(C(C)(SC)C(=O)O)c1. The highest BCUT2D eigenvalue weighted by atomic mass is 32.2. The first-order valence-electron chi connectivity index (χ1n) is 4.47. The third-order valence-electron chi connectivity index (χ3n) is 2.44. The Morgan fingerprint density at radius 3 is 2.67 bits per heavy atom. The van der Waals surface area contributed by atoms with E-state index in [0.29, 0.717) is 5.75 Å². The number of aliphatic carboxylic acids is 1.